The molecule has 0 bridgehead atoms. The average Bonchev–Trinajstić information content (AvgIpc) is 2.67. The molecule has 0 saturated heterocycles. The minimum atomic E-state index is 0.604. The summed E-state index contributed by atoms with van der Waals surface area (Å²) in [5.74, 6) is 0. The largest absolute Gasteiger partial charge is 0.468 e. The van der Waals surface area contributed by atoms with Crippen molar-refractivity contribution in [2.45, 2.75) is 25.7 Å². The van der Waals surface area contributed by atoms with E-state index in [-0.39, 0.29) is 0 Å². The Bertz CT molecular complexity index is 459. The maximum atomic E-state index is 5.10. The summed E-state index contributed by atoms with van der Waals surface area (Å²) in [5.41, 5.74) is 5.04. The summed E-state index contributed by atoms with van der Waals surface area (Å²) >= 11 is 0. The number of rotatable bonds is 1. The van der Waals surface area contributed by atoms with Gasteiger partial charge in [0, 0.05) is 0 Å². The highest BCUT2D eigenvalue weighted by Crippen LogP contribution is 2.26. The number of benzene rings is 1. The average molecular weight is 202 g/mol. The fourth-order valence-corrected chi connectivity index (χ4v) is 2.31. The van der Waals surface area contributed by atoms with Crippen LogP contribution >= 0.6 is 0 Å². The number of H-pyrrole nitrogens is 1. The third-order valence-corrected chi connectivity index (χ3v) is 3.12. The summed E-state index contributed by atoms with van der Waals surface area (Å²) in [6.45, 7) is 0. The number of aromatic nitrogens is 2. The molecule has 3 rings (SSSR count). The molecule has 1 aliphatic carbocycles. The highest BCUT2D eigenvalue weighted by atomic mass is 16.5. The molecular weight excluding hydrogens is 188 g/mol. The summed E-state index contributed by atoms with van der Waals surface area (Å²) in [4.78, 5) is 7.52. The van der Waals surface area contributed by atoms with Crippen LogP contribution in [-0.4, -0.2) is 17.1 Å². The van der Waals surface area contributed by atoms with Crippen LogP contribution in [0.4, 0.5) is 0 Å². The van der Waals surface area contributed by atoms with E-state index in [1.807, 2.05) is 0 Å². The number of imidazole rings is 1. The van der Waals surface area contributed by atoms with E-state index in [1.54, 1.807) is 7.11 Å². The van der Waals surface area contributed by atoms with Gasteiger partial charge in [-0.05, 0) is 48.9 Å². The van der Waals surface area contributed by atoms with E-state index in [1.165, 1.54) is 36.8 Å². The first-order chi connectivity index (χ1) is 7.36. The van der Waals surface area contributed by atoms with E-state index in [0.717, 1.165) is 11.0 Å². The van der Waals surface area contributed by atoms with E-state index >= 15 is 0 Å². The first-order valence-electron chi connectivity index (χ1n) is 5.42. The van der Waals surface area contributed by atoms with Crippen molar-refractivity contribution in [3.63, 3.8) is 0 Å². The van der Waals surface area contributed by atoms with Gasteiger partial charge in [-0.15, -0.1) is 0 Å². The first kappa shape index (κ1) is 8.77. The van der Waals surface area contributed by atoms with Crippen molar-refractivity contribution in [2.75, 3.05) is 7.11 Å². The summed E-state index contributed by atoms with van der Waals surface area (Å²) in [5, 5.41) is 0. The third-order valence-electron chi connectivity index (χ3n) is 3.12. The van der Waals surface area contributed by atoms with Crippen molar-refractivity contribution in [3.8, 4) is 6.01 Å². The molecule has 1 aromatic heterocycles. The van der Waals surface area contributed by atoms with Crippen LogP contribution in [0.2, 0.25) is 0 Å². The van der Waals surface area contributed by atoms with Crippen LogP contribution in [0.25, 0.3) is 11.0 Å². The molecule has 1 heterocycles. The van der Waals surface area contributed by atoms with Crippen molar-refractivity contribution >= 4 is 11.0 Å². The number of hydrogen-bond donors (Lipinski definition) is 1. The molecule has 0 spiro atoms. The molecule has 0 aliphatic heterocycles. The molecule has 1 N–H and O–H groups in total. The quantitative estimate of drug-likeness (QED) is 0.771. The predicted octanol–water partition coefficient (Wildman–Crippen LogP) is 2.45. The molecule has 15 heavy (non-hydrogen) atoms. The van der Waals surface area contributed by atoms with Crippen LogP contribution < -0.4 is 4.74 Å². The topological polar surface area (TPSA) is 37.9 Å². The molecule has 0 unspecified atom stereocenters. The van der Waals surface area contributed by atoms with Gasteiger partial charge in [0.15, 0.2) is 0 Å². The number of hydrogen-bond acceptors (Lipinski definition) is 2. The second-order valence-electron chi connectivity index (χ2n) is 4.09. The number of aromatic amines is 1. The lowest BCUT2D eigenvalue weighted by molar-refractivity contribution is 0.386. The van der Waals surface area contributed by atoms with Gasteiger partial charge in [-0.1, -0.05) is 0 Å². The van der Waals surface area contributed by atoms with Gasteiger partial charge in [0.25, 0.3) is 6.01 Å². The minimum Gasteiger partial charge on any atom is -0.468 e. The fraction of sp³-hybridized carbons (Fsp3) is 0.417. The van der Waals surface area contributed by atoms with Crippen molar-refractivity contribution in [1.82, 2.24) is 9.97 Å². The zero-order chi connectivity index (χ0) is 10.3. The standard InChI is InChI=1S/C12H14N2O/c1-15-12-13-10-6-8-4-2-3-5-9(8)7-11(10)14-12/h6-7H,2-5H2,1H3,(H,13,14). The molecule has 2 aromatic rings. The minimum absolute atomic E-state index is 0.604. The van der Waals surface area contributed by atoms with Gasteiger partial charge in [-0.3, -0.25) is 0 Å². The Hall–Kier alpha value is -1.51. The Morgan fingerprint density at radius 3 is 2.67 bits per heavy atom. The second kappa shape index (κ2) is 3.26. The van der Waals surface area contributed by atoms with Crippen LogP contribution in [0.1, 0.15) is 24.0 Å². The fourth-order valence-electron chi connectivity index (χ4n) is 2.31. The molecule has 1 aromatic carbocycles. The maximum absolute atomic E-state index is 5.10. The van der Waals surface area contributed by atoms with Crippen molar-refractivity contribution in [2.24, 2.45) is 0 Å². The molecule has 78 valence electrons. The molecular formula is C12H14N2O. The Morgan fingerprint density at radius 2 is 1.93 bits per heavy atom. The summed E-state index contributed by atoms with van der Waals surface area (Å²) < 4.78 is 5.10. The summed E-state index contributed by atoms with van der Waals surface area (Å²) in [6.07, 6.45) is 5.01. The lowest BCUT2D eigenvalue weighted by Gasteiger charge is -2.14. The lowest BCUT2D eigenvalue weighted by atomic mass is 9.91. The SMILES string of the molecule is COc1nc2cc3c(cc2[nH]1)CCCC3. The normalized spacial score (nSPS) is 15.3. The molecule has 0 amide bonds. The first-order valence-corrected chi connectivity index (χ1v) is 5.42. The lowest BCUT2D eigenvalue weighted by Crippen LogP contribution is -2.01. The van der Waals surface area contributed by atoms with Gasteiger partial charge in [0.05, 0.1) is 18.1 Å². The monoisotopic (exact) mass is 202 g/mol. The molecule has 3 nitrogen and oxygen atoms in total. The number of methoxy groups -OCH3 is 1. The molecule has 0 fully saturated rings. The zero-order valence-corrected chi connectivity index (χ0v) is 8.84. The molecule has 0 saturated carbocycles. The number of fused-ring (bicyclic) bond motifs is 2. The van der Waals surface area contributed by atoms with Crippen molar-refractivity contribution in [1.29, 1.82) is 0 Å². The van der Waals surface area contributed by atoms with Crippen LogP contribution in [0, 0.1) is 0 Å². The van der Waals surface area contributed by atoms with E-state index in [0.29, 0.717) is 6.01 Å². The number of nitrogens with zero attached hydrogens (tertiary/aromatic N) is 1. The Morgan fingerprint density at radius 1 is 1.20 bits per heavy atom. The molecule has 0 radical (unpaired) electrons. The van der Waals surface area contributed by atoms with Gasteiger partial charge in [0.2, 0.25) is 0 Å². The van der Waals surface area contributed by atoms with E-state index in [4.69, 9.17) is 4.74 Å². The number of nitrogens with one attached hydrogen (secondary N) is 1. The van der Waals surface area contributed by atoms with Gasteiger partial charge in [0.1, 0.15) is 0 Å². The van der Waals surface area contributed by atoms with E-state index < -0.39 is 0 Å². The van der Waals surface area contributed by atoms with Gasteiger partial charge >= 0.3 is 0 Å². The maximum Gasteiger partial charge on any atom is 0.294 e. The Labute approximate surface area is 88.5 Å². The smallest absolute Gasteiger partial charge is 0.294 e. The Balaban J connectivity index is 2.19. The zero-order valence-electron chi connectivity index (χ0n) is 8.84. The third kappa shape index (κ3) is 1.39. The number of aryl methyl sites for hydroxylation is 2. The Kier molecular flexibility index (Phi) is 1.91. The van der Waals surface area contributed by atoms with Gasteiger partial charge in [-0.25, -0.2) is 0 Å². The van der Waals surface area contributed by atoms with Crippen LogP contribution in [0.15, 0.2) is 12.1 Å². The van der Waals surface area contributed by atoms with Crippen molar-refractivity contribution < 1.29 is 4.74 Å². The van der Waals surface area contributed by atoms with Crippen LogP contribution in [-0.2, 0) is 12.8 Å². The molecule has 1 aliphatic rings. The highest BCUT2D eigenvalue weighted by molar-refractivity contribution is 5.78. The van der Waals surface area contributed by atoms with E-state index in [9.17, 15) is 0 Å². The molecule has 3 heteroatoms. The predicted molar refractivity (Wildman–Crippen MR) is 59.3 cm³/mol. The van der Waals surface area contributed by atoms with E-state index in [2.05, 4.69) is 22.1 Å². The highest BCUT2D eigenvalue weighted by Gasteiger charge is 2.12. The number of ether oxygens (including phenoxy) is 1. The van der Waals surface area contributed by atoms with Gasteiger partial charge < -0.3 is 9.72 Å². The van der Waals surface area contributed by atoms with Crippen LogP contribution in [0.5, 0.6) is 6.01 Å². The van der Waals surface area contributed by atoms with Crippen LogP contribution in [0.3, 0.4) is 0 Å². The summed E-state index contributed by atoms with van der Waals surface area (Å²) in [6, 6.07) is 5.02. The molecule has 0 atom stereocenters. The summed E-state index contributed by atoms with van der Waals surface area (Å²) in [7, 11) is 1.64. The van der Waals surface area contributed by atoms with Crippen molar-refractivity contribution in [3.05, 3.63) is 23.3 Å². The second-order valence-corrected chi connectivity index (χ2v) is 4.09. The van der Waals surface area contributed by atoms with Gasteiger partial charge in [-0.2, -0.15) is 4.98 Å².